The first-order valence-corrected chi connectivity index (χ1v) is 8.52. The molecule has 1 fully saturated rings. The van der Waals surface area contributed by atoms with Crippen molar-refractivity contribution >= 4 is 34.2 Å². The summed E-state index contributed by atoms with van der Waals surface area (Å²) in [5.74, 6) is -0.144. The molecule has 1 aliphatic rings. The summed E-state index contributed by atoms with van der Waals surface area (Å²) in [6.45, 7) is 7.19. The first-order valence-electron chi connectivity index (χ1n) is 7.73. The summed E-state index contributed by atoms with van der Waals surface area (Å²) in [6, 6.07) is 4.94. The number of ether oxygens (including phenoxy) is 1. The van der Waals surface area contributed by atoms with Crippen molar-refractivity contribution in [2.45, 2.75) is 26.4 Å². The van der Waals surface area contributed by atoms with E-state index in [0.717, 1.165) is 0 Å². The number of hydrogen-bond acceptors (Lipinski definition) is 4. The number of halogens is 1. The normalized spacial score (nSPS) is 15.2. The predicted octanol–water partition coefficient (Wildman–Crippen LogP) is 2.95. The van der Waals surface area contributed by atoms with E-state index < -0.39 is 5.60 Å². The van der Waals surface area contributed by atoms with Gasteiger partial charge in [-0.3, -0.25) is 9.59 Å². The van der Waals surface area contributed by atoms with Crippen molar-refractivity contribution in [3.05, 3.63) is 33.8 Å². The van der Waals surface area contributed by atoms with Gasteiger partial charge in [-0.2, -0.15) is 0 Å². The number of hydrogen-bond donors (Lipinski definition) is 0. The molecule has 1 heterocycles. The first kappa shape index (κ1) is 18.4. The fourth-order valence-corrected chi connectivity index (χ4v) is 2.71. The highest BCUT2D eigenvalue weighted by molar-refractivity contribution is 9.10. The number of piperazine rings is 1. The molecule has 0 aliphatic carbocycles. The van der Waals surface area contributed by atoms with Crippen molar-refractivity contribution in [1.29, 1.82) is 0 Å². The van der Waals surface area contributed by atoms with Crippen LogP contribution in [0.25, 0.3) is 0 Å². The number of benzene rings is 1. The molecule has 0 saturated carbocycles. The van der Waals surface area contributed by atoms with E-state index in [0.29, 0.717) is 48.1 Å². The third-order valence-electron chi connectivity index (χ3n) is 3.59. The van der Waals surface area contributed by atoms with Crippen molar-refractivity contribution in [3.63, 3.8) is 0 Å². The maximum absolute atomic E-state index is 12.5. The molecular weight excluding hydrogens is 376 g/mol. The van der Waals surface area contributed by atoms with Crippen LogP contribution in [0.5, 0.6) is 0 Å². The topological polar surface area (TPSA) is 66.9 Å². The minimum atomic E-state index is -0.535. The van der Waals surface area contributed by atoms with Gasteiger partial charge in [0.05, 0.1) is 0 Å². The maximum atomic E-state index is 12.5. The smallest absolute Gasteiger partial charge is 0.410 e. The van der Waals surface area contributed by atoms with E-state index >= 15 is 0 Å². The predicted molar refractivity (Wildman–Crippen MR) is 93.2 cm³/mol. The Bertz CT molecular complexity index is 646. The first-order chi connectivity index (χ1) is 11.2. The fourth-order valence-electron chi connectivity index (χ4n) is 2.37. The number of carbonyl (C=O) groups is 3. The molecule has 0 atom stereocenters. The van der Waals surface area contributed by atoms with Gasteiger partial charge in [0.25, 0.3) is 5.91 Å². The van der Waals surface area contributed by atoms with Gasteiger partial charge in [0.2, 0.25) is 0 Å². The van der Waals surface area contributed by atoms with E-state index in [2.05, 4.69) is 15.9 Å². The molecule has 7 heteroatoms. The number of amides is 2. The zero-order valence-electron chi connectivity index (χ0n) is 14.0. The van der Waals surface area contributed by atoms with Crippen LogP contribution in [0.4, 0.5) is 4.79 Å². The summed E-state index contributed by atoms with van der Waals surface area (Å²) in [7, 11) is 0. The summed E-state index contributed by atoms with van der Waals surface area (Å²) in [6.07, 6.45) is 0.350. The second kappa shape index (κ2) is 7.34. The largest absolute Gasteiger partial charge is 0.444 e. The van der Waals surface area contributed by atoms with Gasteiger partial charge in [-0.25, -0.2) is 4.79 Å². The van der Waals surface area contributed by atoms with Crippen LogP contribution in [0.3, 0.4) is 0 Å². The van der Waals surface area contributed by atoms with Crippen LogP contribution in [0.2, 0.25) is 0 Å². The molecule has 1 aliphatic heterocycles. The highest BCUT2D eigenvalue weighted by atomic mass is 79.9. The molecule has 24 heavy (non-hydrogen) atoms. The van der Waals surface area contributed by atoms with E-state index in [-0.39, 0.29) is 12.0 Å². The van der Waals surface area contributed by atoms with Gasteiger partial charge in [-0.05, 0) is 39.0 Å². The van der Waals surface area contributed by atoms with Crippen LogP contribution in [0.15, 0.2) is 22.7 Å². The molecule has 0 bridgehead atoms. The van der Waals surface area contributed by atoms with Gasteiger partial charge in [0.1, 0.15) is 5.60 Å². The number of carbonyl (C=O) groups excluding carboxylic acids is 3. The van der Waals surface area contributed by atoms with Gasteiger partial charge >= 0.3 is 6.09 Å². The lowest BCUT2D eigenvalue weighted by Gasteiger charge is -2.35. The van der Waals surface area contributed by atoms with E-state index in [1.807, 2.05) is 20.8 Å². The molecule has 1 aromatic carbocycles. The van der Waals surface area contributed by atoms with E-state index in [1.54, 1.807) is 28.0 Å². The lowest BCUT2D eigenvalue weighted by atomic mass is 10.1. The molecule has 0 N–H and O–H groups in total. The van der Waals surface area contributed by atoms with Crippen LogP contribution < -0.4 is 0 Å². The Labute approximate surface area is 149 Å². The summed E-state index contributed by atoms with van der Waals surface area (Å²) < 4.78 is 6.00. The Balaban J connectivity index is 1.98. The summed E-state index contributed by atoms with van der Waals surface area (Å²) in [5.41, 5.74) is 0.367. The zero-order valence-corrected chi connectivity index (χ0v) is 15.6. The highest BCUT2D eigenvalue weighted by Gasteiger charge is 2.28. The van der Waals surface area contributed by atoms with Gasteiger partial charge in [-0.15, -0.1) is 0 Å². The van der Waals surface area contributed by atoms with Crippen LogP contribution in [0.1, 0.15) is 41.5 Å². The van der Waals surface area contributed by atoms with Crippen LogP contribution in [-0.2, 0) is 4.74 Å². The molecule has 0 radical (unpaired) electrons. The van der Waals surface area contributed by atoms with Crippen LogP contribution in [0, 0.1) is 0 Å². The average Bonchev–Trinajstić information content (AvgIpc) is 2.53. The zero-order chi connectivity index (χ0) is 17.9. The van der Waals surface area contributed by atoms with Gasteiger partial charge in [-0.1, -0.05) is 15.9 Å². The Kier molecular flexibility index (Phi) is 5.64. The Morgan fingerprint density at radius 3 is 2.25 bits per heavy atom. The minimum absolute atomic E-state index is 0.144. The molecule has 1 saturated heterocycles. The molecule has 0 aromatic heterocycles. The fraction of sp³-hybridized carbons (Fsp3) is 0.471. The van der Waals surface area contributed by atoms with Gasteiger partial charge in [0, 0.05) is 41.8 Å². The number of aldehydes is 1. The molecule has 0 spiro atoms. The summed E-state index contributed by atoms with van der Waals surface area (Å²) in [4.78, 5) is 38.9. The molecule has 2 rings (SSSR count). The molecule has 130 valence electrons. The Morgan fingerprint density at radius 1 is 1.12 bits per heavy atom. The maximum Gasteiger partial charge on any atom is 0.410 e. The molecule has 1 aromatic rings. The van der Waals surface area contributed by atoms with Crippen molar-refractivity contribution < 1.29 is 19.1 Å². The summed E-state index contributed by atoms with van der Waals surface area (Å²) in [5, 5.41) is 0. The second-order valence-corrected chi connectivity index (χ2v) is 7.47. The van der Waals surface area contributed by atoms with Crippen molar-refractivity contribution in [2.75, 3.05) is 26.2 Å². The number of nitrogens with zero attached hydrogens (tertiary/aromatic N) is 2. The third kappa shape index (κ3) is 4.56. The monoisotopic (exact) mass is 396 g/mol. The molecular formula is C17H21BrN2O4. The second-order valence-electron chi connectivity index (χ2n) is 6.61. The van der Waals surface area contributed by atoms with E-state index in [1.165, 1.54) is 0 Å². The van der Waals surface area contributed by atoms with E-state index in [9.17, 15) is 14.4 Å². The summed E-state index contributed by atoms with van der Waals surface area (Å²) >= 11 is 3.27. The van der Waals surface area contributed by atoms with Gasteiger partial charge in [0.15, 0.2) is 6.29 Å². The van der Waals surface area contributed by atoms with Crippen LogP contribution in [-0.4, -0.2) is 59.9 Å². The third-order valence-corrected chi connectivity index (χ3v) is 4.31. The number of rotatable bonds is 2. The van der Waals surface area contributed by atoms with Crippen molar-refractivity contribution in [1.82, 2.24) is 9.80 Å². The van der Waals surface area contributed by atoms with Crippen LogP contribution >= 0.6 is 15.9 Å². The SMILES string of the molecule is CC(C)(C)OC(=O)N1CCN(C(=O)c2ccc(Br)c(C=O)c2)CC1. The van der Waals surface area contributed by atoms with Gasteiger partial charge < -0.3 is 14.5 Å². The minimum Gasteiger partial charge on any atom is -0.444 e. The lowest BCUT2D eigenvalue weighted by molar-refractivity contribution is 0.0141. The Hall–Kier alpha value is -1.89. The standard InChI is InChI=1S/C17H21BrN2O4/c1-17(2,3)24-16(23)20-8-6-19(7-9-20)15(22)12-4-5-14(18)13(10-12)11-21/h4-5,10-11H,6-9H2,1-3H3. The van der Waals surface area contributed by atoms with E-state index in [4.69, 9.17) is 4.74 Å². The molecule has 0 unspecified atom stereocenters. The molecule has 6 nitrogen and oxygen atoms in total. The average molecular weight is 397 g/mol. The molecule has 2 amide bonds. The van der Waals surface area contributed by atoms with Crippen molar-refractivity contribution in [2.24, 2.45) is 0 Å². The lowest BCUT2D eigenvalue weighted by Crippen LogP contribution is -2.51. The quantitative estimate of drug-likeness (QED) is 0.720. The highest BCUT2D eigenvalue weighted by Crippen LogP contribution is 2.19. The Morgan fingerprint density at radius 2 is 1.71 bits per heavy atom. The van der Waals surface area contributed by atoms with Crippen molar-refractivity contribution in [3.8, 4) is 0 Å².